The molecular formula is C23H23F5N6O2. The predicted molar refractivity (Wildman–Crippen MR) is 121 cm³/mol. The number of rotatable bonds is 4. The maximum Gasteiger partial charge on any atom is 0.406 e. The number of aromatic hydroxyl groups is 1. The number of phenolic OH excluding ortho intramolecular Hbond substituents is 1. The number of hydrogen-bond donors (Lipinski definition) is 1. The van der Waals surface area contributed by atoms with Crippen LogP contribution in [0.25, 0.3) is 22.2 Å². The van der Waals surface area contributed by atoms with Gasteiger partial charge in [0.25, 0.3) is 11.5 Å². The summed E-state index contributed by atoms with van der Waals surface area (Å²) >= 11 is 0. The Morgan fingerprint density at radius 3 is 2.58 bits per heavy atom. The molecule has 1 aromatic carbocycles. The third kappa shape index (κ3) is 4.25. The highest BCUT2D eigenvalue weighted by Gasteiger charge is 2.56. The second-order valence-corrected chi connectivity index (χ2v) is 9.49. The molecule has 2 unspecified atom stereocenters. The van der Waals surface area contributed by atoms with Gasteiger partial charge in [-0.05, 0) is 44.2 Å². The fourth-order valence-electron chi connectivity index (χ4n) is 5.27. The maximum atomic E-state index is 14.3. The number of anilines is 1. The zero-order chi connectivity index (χ0) is 26.0. The topological polar surface area (TPSA) is 87.4 Å². The molecule has 2 aliphatic rings. The van der Waals surface area contributed by atoms with Crippen molar-refractivity contribution in [3.8, 4) is 17.0 Å². The average Bonchev–Trinajstić information content (AvgIpc) is 2.92. The van der Waals surface area contributed by atoms with Gasteiger partial charge in [0.15, 0.2) is 5.82 Å². The van der Waals surface area contributed by atoms with E-state index in [9.17, 15) is 31.9 Å². The van der Waals surface area contributed by atoms with Crippen molar-refractivity contribution < 1.29 is 27.1 Å². The first-order valence-corrected chi connectivity index (χ1v) is 11.3. The number of piperidine rings is 1. The van der Waals surface area contributed by atoms with E-state index in [1.807, 2.05) is 4.90 Å². The monoisotopic (exact) mass is 510 g/mol. The Morgan fingerprint density at radius 1 is 1.19 bits per heavy atom. The summed E-state index contributed by atoms with van der Waals surface area (Å²) in [6, 6.07) is 4.49. The molecular weight excluding hydrogens is 487 g/mol. The number of aromatic nitrogens is 4. The molecule has 2 saturated heterocycles. The minimum absolute atomic E-state index is 0.0944. The Bertz CT molecular complexity index is 1360. The Morgan fingerprint density at radius 2 is 1.94 bits per heavy atom. The van der Waals surface area contributed by atoms with Crippen molar-refractivity contribution in [2.45, 2.75) is 56.0 Å². The third-order valence-corrected chi connectivity index (χ3v) is 7.23. The van der Waals surface area contributed by atoms with E-state index in [1.54, 1.807) is 31.1 Å². The van der Waals surface area contributed by atoms with Crippen LogP contribution in [0.1, 0.15) is 19.3 Å². The van der Waals surface area contributed by atoms with Gasteiger partial charge in [-0.3, -0.25) is 14.3 Å². The molecule has 13 heteroatoms. The Balaban J connectivity index is 1.39. The predicted octanol–water partition coefficient (Wildman–Crippen LogP) is 3.43. The number of halogens is 5. The van der Waals surface area contributed by atoms with Crippen LogP contribution in [0, 0.1) is 0 Å². The molecule has 1 N–H and O–H groups in total. The molecule has 2 aliphatic heterocycles. The van der Waals surface area contributed by atoms with Crippen molar-refractivity contribution in [2.75, 3.05) is 19.0 Å². The fraction of sp³-hybridized carbons (Fsp3) is 0.478. The number of benzene rings is 1. The molecule has 5 rings (SSSR count). The minimum atomic E-state index is -4.60. The number of phenols is 1. The second-order valence-electron chi connectivity index (χ2n) is 9.49. The van der Waals surface area contributed by atoms with Crippen LogP contribution < -0.4 is 10.5 Å². The summed E-state index contributed by atoms with van der Waals surface area (Å²) in [4.78, 5) is 19.9. The van der Waals surface area contributed by atoms with E-state index in [4.69, 9.17) is 0 Å². The van der Waals surface area contributed by atoms with E-state index in [0.29, 0.717) is 23.2 Å². The van der Waals surface area contributed by atoms with Crippen LogP contribution in [-0.2, 0) is 6.54 Å². The number of nitrogens with zero attached hydrogens (tertiary/aromatic N) is 6. The normalized spacial score (nSPS) is 23.8. The summed E-state index contributed by atoms with van der Waals surface area (Å²) in [7, 11) is 3.51. The summed E-state index contributed by atoms with van der Waals surface area (Å²) in [5, 5.41) is 18.7. The van der Waals surface area contributed by atoms with E-state index in [-0.39, 0.29) is 46.4 Å². The quantitative estimate of drug-likeness (QED) is 0.539. The lowest BCUT2D eigenvalue weighted by Gasteiger charge is -2.40. The van der Waals surface area contributed by atoms with Gasteiger partial charge in [0.2, 0.25) is 0 Å². The molecule has 0 spiro atoms. The van der Waals surface area contributed by atoms with Crippen LogP contribution in [0.2, 0.25) is 0 Å². The van der Waals surface area contributed by atoms with Gasteiger partial charge in [-0.25, -0.2) is 13.8 Å². The van der Waals surface area contributed by atoms with Gasteiger partial charge in [0.05, 0.1) is 29.0 Å². The van der Waals surface area contributed by atoms with Gasteiger partial charge >= 0.3 is 6.18 Å². The minimum Gasteiger partial charge on any atom is -0.507 e. The summed E-state index contributed by atoms with van der Waals surface area (Å²) in [5.41, 5.74) is -0.388. The highest BCUT2D eigenvalue weighted by molar-refractivity contribution is 5.86. The smallest absolute Gasteiger partial charge is 0.406 e. The lowest BCUT2D eigenvalue weighted by atomic mass is 9.96. The molecule has 0 radical (unpaired) electrons. The van der Waals surface area contributed by atoms with E-state index in [0.717, 1.165) is 12.4 Å². The van der Waals surface area contributed by atoms with Crippen molar-refractivity contribution in [2.24, 2.45) is 0 Å². The van der Waals surface area contributed by atoms with Crippen molar-refractivity contribution >= 4 is 16.7 Å². The van der Waals surface area contributed by atoms with E-state index >= 15 is 0 Å². The van der Waals surface area contributed by atoms with Crippen molar-refractivity contribution in [1.29, 1.82) is 0 Å². The second kappa shape index (κ2) is 8.36. The Hall–Kier alpha value is -3.35. The van der Waals surface area contributed by atoms with Gasteiger partial charge in [0.1, 0.15) is 12.3 Å². The molecule has 8 nitrogen and oxygen atoms in total. The van der Waals surface area contributed by atoms with Crippen molar-refractivity contribution in [3.05, 3.63) is 40.9 Å². The lowest BCUT2D eigenvalue weighted by molar-refractivity contribution is -0.141. The maximum absolute atomic E-state index is 14.3. The highest BCUT2D eigenvalue weighted by Crippen LogP contribution is 2.46. The van der Waals surface area contributed by atoms with Gasteiger partial charge in [-0.15, -0.1) is 10.2 Å². The van der Waals surface area contributed by atoms with Crippen LogP contribution in [0.5, 0.6) is 5.75 Å². The van der Waals surface area contributed by atoms with Crippen LogP contribution in [-0.4, -0.2) is 74.1 Å². The fourth-order valence-corrected chi connectivity index (χ4v) is 5.27. The molecule has 2 bridgehead atoms. The van der Waals surface area contributed by atoms with Gasteiger partial charge in [-0.2, -0.15) is 13.2 Å². The van der Waals surface area contributed by atoms with Crippen LogP contribution in [0.3, 0.4) is 0 Å². The number of alkyl halides is 5. The van der Waals surface area contributed by atoms with Gasteiger partial charge < -0.3 is 10.0 Å². The molecule has 0 saturated carbocycles. The van der Waals surface area contributed by atoms with Gasteiger partial charge in [0, 0.05) is 31.1 Å². The average molecular weight is 510 g/mol. The van der Waals surface area contributed by atoms with E-state index in [1.165, 1.54) is 6.07 Å². The van der Waals surface area contributed by atoms with Crippen LogP contribution in [0.15, 0.2) is 35.4 Å². The molecule has 4 heterocycles. The molecule has 3 aromatic rings. The molecule has 2 fully saturated rings. The first-order valence-electron chi connectivity index (χ1n) is 11.3. The van der Waals surface area contributed by atoms with Crippen molar-refractivity contribution in [1.82, 2.24) is 24.6 Å². The molecule has 0 amide bonds. The van der Waals surface area contributed by atoms with E-state index < -0.39 is 30.2 Å². The Labute approximate surface area is 202 Å². The SMILES string of the molecule is CN1C2C[C@H](N(C)c3ccc(-c4cc5ncn(CC(F)(F)F)c(=O)c5cc4O)nn3)CC1C(F)(F)C2. The highest BCUT2D eigenvalue weighted by atomic mass is 19.4. The van der Waals surface area contributed by atoms with Crippen LogP contribution >= 0.6 is 0 Å². The molecule has 0 aliphatic carbocycles. The summed E-state index contributed by atoms with van der Waals surface area (Å²) in [6.45, 7) is -1.49. The summed E-state index contributed by atoms with van der Waals surface area (Å²) < 4.78 is 67.1. The Kier molecular flexibility index (Phi) is 5.65. The number of fused-ring (bicyclic) bond motifs is 3. The largest absolute Gasteiger partial charge is 0.507 e. The first-order chi connectivity index (χ1) is 16.8. The summed E-state index contributed by atoms with van der Waals surface area (Å²) in [5.74, 6) is -2.61. The lowest BCUT2D eigenvalue weighted by Crippen LogP contribution is -2.50. The molecule has 36 heavy (non-hydrogen) atoms. The zero-order valence-corrected chi connectivity index (χ0v) is 19.4. The number of hydrogen-bond acceptors (Lipinski definition) is 7. The van der Waals surface area contributed by atoms with Gasteiger partial charge in [-0.1, -0.05) is 0 Å². The third-order valence-electron chi connectivity index (χ3n) is 7.23. The van der Waals surface area contributed by atoms with E-state index in [2.05, 4.69) is 15.2 Å². The van der Waals surface area contributed by atoms with Crippen LogP contribution in [0.4, 0.5) is 27.8 Å². The zero-order valence-electron chi connectivity index (χ0n) is 19.4. The standard InChI is InChI=1S/C23H23F5N6O2/c1-32-13-5-12(6-19(32)22(24,25)9-13)33(2)20-4-3-16(30-31-20)14-7-17-15(8-18(14)35)21(36)34(11-29-17)10-23(26,27)28/h3-4,7-8,11-13,19,35H,5-6,9-10H2,1-2H3/t12-,13?,19?/m0/s1. The molecule has 3 atom stereocenters. The molecule has 192 valence electrons. The first kappa shape index (κ1) is 24.3. The molecule has 2 aromatic heterocycles. The van der Waals surface area contributed by atoms with Crippen molar-refractivity contribution in [3.63, 3.8) is 0 Å². The summed E-state index contributed by atoms with van der Waals surface area (Å²) in [6.07, 6.45) is -3.07.